The van der Waals surface area contributed by atoms with E-state index >= 15 is 0 Å². The highest BCUT2D eigenvalue weighted by molar-refractivity contribution is 6.33. The summed E-state index contributed by atoms with van der Waals surface area (Å²) in [6.45, 7) is 3.87. The van der Waals surface area contributed by atoms with E-state index in [0.717, 1.165) is 37.9 Å². The number of rotatable bonds is 4. The van der Waals surface area contributed by atoms with Gasteiger partial charge in [0.25, 0.3) is 0 Å². The van der Waals surface area contributed by atoms with Crippen LogP contribution in [0.5, 0.6) is 0 Å². The minimum atomic E-state index is -0.232. The molecule has 1 fully saturated rings. The van der Waals surface area contributed by atoms with E-state index in [2.05, 4.69) is 12.2 Å². The van der Waals surface area contributed by atoms with Crippen LogP contribution in [0.2, 0.25) is 10.0 Å². The molecule has 1 unspecified atom stereocenters. The van der Waals surface area contributed by atoms with Crippen molar-refractivity contribution in [2.24, 2.45) is 5.41 Å². The molecule has 1 aromatic rings. The fourth-order valence-corrected chi connectivity index (χ4v) is 3.12. The molecule has 2 rings (SSSR count). The molecule has 1 aliphatic heterocycles. The number of carbonyl (C=O) groups excluding carboxylic acids is 1. The summed E-state index contributed by atoms with van der Waals surface area (Å²) < 4.78 is 0. The van der Waals surface area contributed by atoms with Gasteiger partial charge in [-0.2, -0.15) is 0 Å². The second-order valence-electron chi connectivity index (χ2n) is 5.25. The van der Waals surface area contributed by atoms with Crippen LogP contribution in [0, 0.1) is 5.41 Å². The zero-order chi connectivity index (χ0) is 13.9. The molecular weight excluding hydrogens is 281 g/mol. The van der Waals surface area contributed by atoms with E-state index in [1.54, 1.807) is 18.2 Å². The first kappa shape index (κ1) is 14.8. The molecule has 1 aromatic carbocycles. The smallest absolute Gasteiger partial charge is 0.144 e. The second-order valence-corrected chi connectivity index (χ2v) is 6.09. The van der Waals surface area contributed by atoms with Crippen LogP contribution in [0.4, 0.5) is 0 Å². The summed E-state index contributed by atoms with van der Waals surface area (Å²) in [6, 6.07) is 5.29. The molecule has 19 heavy (non-hydrogen) atoms. The number of Topliss-reactive ketones (excluding diaryl/α,β-unsaturated/α-hetero) is 1. The highest BCUT2D eigenvalue weighted by atomic mass is 35.5. The van der Waals surface area contributed by atoms with Gasteiger partial charge >= 0.3 is 0 Å². The van der Waals surface area contributed by atoms with Gasteiger partial charge in [0.05, 0.1) is 0 Å². The van der Waals surface area contributed by atoms with Crippen molar-refractivity contribution < 1.29 is 4.79 Å². The number of hydrogen-bond donors (Lipinski definition) is 1. The van der Waals surface area contributed by atoms with Crippen LogP contribution in [0.1, 0.15) is 31.7 Å². The standard InChI is InChI=1S/C15H19Cl2NO/c1-2-15(6-3-7-18-10-15)14(19)9-11-8-12(16)4-5-13(11)17/h4-5,8,18H,2-3,6-7,9-10H2,1H3. The van der Waals surface area contributed by atoms with E-state index in [9.17, 15) is 4.79 Å². The van der Waals surface area contributed by atoms with Crippen LogP contribution in [0.15, 0.2) is 18.2 Å². The van der Waals surface area contributed by atoms with Crippen LogP contribution < -0.4 is 5.32 Å². The van der Waals surface area contributed by atoms with Gasteiger partial charge in [0, 0.05) is 28.4 Å². The third kappa shape index (κ3) is 3.31. The third-order valence-electron chi connectivity index (χ3n) is 4.10. The first-order valence-corrected chi connectivity index (χ1v) is 7.51. The lowest BCUT2D eigenvalue weighted by atomic mass is 9.73. The number of nitrogens with one attached hydrogen (secondary N) is 1. The molecule has 0 radical (unpaired) electrons. The number of halogens is 2. The topological polar surface area (TPSA) is 29.1 Å². The summed E-state index contributed by atoms with van der Waals surface area (Å²) in [5.41, 5.74) is 0.599. The Morgan fingerprint density at radius 1 is 1.42 bits per heavy atom. The average Bonchev–Trinajstić information content (AvgIpc) is 2.43. The van der Waals surface area contributed by atoms with Gasteiger partial charge in [0.1, 0.15) is 5.78 Å². The molecule has 0 aromatic heterocycles. The predicted octanol–water partition coefficient (Wildman–Crippen LogP) is 3.88. The van der Waals surface area contributed by atoms with Crippen LogP contribution in [-0.2, 0) is 11.2 Å². The Labute approximate surface area is 124 Å². The summed E-state index contributed by atoms with van der Waals surface area (Å²) in [7, 11) is 0. The molecule has 4 heteroatoms. The van der Waals surface area contributed by atoms with Gasteiger partial charge in [-0.1, -0.05) is 30.1 Å². The van der Waals surface area contributed by atoms with Crippen molar-refractivity contribution in [1.29, 1.82) is 0 Å². The number of ketones is 1. The normalized spacial score (nSPS) is 23.3. The van der Waals surface area contributed by atoms with Crippen molar-refractivity contribution in [1.82, 2.24) is 5.32 Å². The van der Waals surface area contributed by atoms with Crippen molar-refractivity contribution in [3.63, 3.8) is 0 Å². The average molecular weight is 300 g/mol. The number of benzene rings is 1. The molecule has 1 aliphatic rings. The SMILES string of the molecule is CCC1(C(=O)Cc2cc(Cl)ccc2Cl)CCCNC1. The van der Waals surface area contributed by atoms with Gasteiger partial charge in [-0.15, -0.1) is 0 Å². The molecule has 0 amide bonds. The summed E-state index contributed by atoms with van der Waals surface area (Å²) >= 11 is 12.1. The second kappa shape index (κ2) is 6.25. The quantitative estimate of drug-likeness (QED) is 0.914. The van der Waals surface area contributed by atoms with Gasteiger partial charge in [0.2, 0.25) is 0 Å². The van der Waals surface area contributed by atoms with Gasteiger partial charge in [-0.3, -0.25) is 4.79 Å². The highest BCUT2D eigenvalue weighted by Crippen LogP contribution is 2.33. The Balaban J connectivity index is 2.17. The van der Waals surface area contributed by atoms with Crippen LogP contribution in [-0.4, -0.2) is 18.9 Å². The fourth-order valence-electron chi connectivity index (χ4n) is 2.74. The Morgan fingerprint density at radius 3 is 2.84 bits per heavy atom. The zero-order valence-electron chi connectivity index (χ0n) is 11.1. The molecule has 1 atom stereocenters. The van der Waals surface area contributed by atoms with E-state index in [1.165, 1.54) is 0 Å². The fraction of sp³-hybridized carbons (Fsp3) is 0.533. The lowest BCUT2D eigenvalue weighted by molar-refractivity contribution is -0.129. The Bertz CT molecular complexity index is 467. The minimum Gasteiger partial charge on any atom is -0.316 e. The molecule has 1 saturated heterocycles. The summed E-state index contributed by atoms with van der Waals surface area (Å²) in [5, 5.41) is 4.58. The van der Waals surface area contributed by atoms with Crippen LogP contribution >= 0.6 is 23.2 Å². The molecule has 0 aliphatic carbocycles. The Kier molecular flexibility index (Phi) is 4.88. The monoisotopic (exact) mass is 299 g/mol. The van der Waals surface area contributed by atoms with E-state index in [4.69, 9.17) is 23.2 Å². The lowest BCUT2D eigenvalue weighted by Crippen LogP contribution is -2.45. The molecule has 1 N–H and O–H groups in total. The van der Waals surface area contributed by atoms with E-state index in [-0.39, 0.29) is 11.2 Å². The summed E-state index contributed by atoms with van der Waals surface area (Å²) in [4.78, 5) is 12.6. The van der Waals surface area contributed by atoms with Gasteiger partial charge < -0.3 is 5.32 Å². The molecular formula is C15H19Cl2NO. The van der Waals surface area contributed by atoms with Crippen molar-refractivity contribution >= 4 is 29.0 Å². The Hall–Kier alpha value is -0.570. The van der Waals surface area contributed by atoms with Crippen molar-refractivity contribution in [2.75, 3.05) is 13.1 Å². The lowest BCUT2D eigenvalue weighted by Gasteiger charge is -2.35. The Morgan fingerprint density at radius 2 is 2.21 bits per heavy atom. The van der Waals surface area contributed by atoms with Crippen LogP contribution in [0.3, 0.4) is 0 Å². The molecule has 1 heterocycles. The van der Waals surface area contributed by atoms with Gasteiger partial charge in [-0.05, 0) is 49.6 Å². The molecule has 0 spiro atoms. The number of piperidine rings is 1. The largest absolute Gasteiger partial charge is 0.316 e. The molecule has 0 saturated carbocycles. The first-order valence-electron chi connectivity index (χ1n) is 6.75. The van der Waals surface area contributed by atoms with Crippen molar-refractivity contribution in [3.8, 4) is 0 Å². The number of hydrogen-bond acceptors (Lipinski definition) is 2. The molecule has 104 valence electrons. The molecule has 2 nitrogen and oxygen atoms in total. The maximum absolute atomic E-state index is 12.6. The maximum Gasteiger partial charge on any atom is 0.144 e. The van der Waals surface area contributed by atoms with Crippen molar-refractivity contribution in [3.05, 3.63) is 33.8 Å². The number of carbonyl (C=O) groups is 1. The first-order chi connectivity index (χ1) is 9.07. The highest BCUT2D eigenvalue weighted by Gasteiger charge is 2.37. The molecule has 0 bridgehead atoms. The third-order valence-corrected chi connectivity index (χ3v) is 4.70. The van der Waals surface area contributed by atoms with E-state index in [1.807, 2.05) is 0 Å². The van der Waals surface area contributed by atoms with Crippen molar-refractivity contribution in [2.45, 2.75) is 32.6 Å². The van der Waals surface area contributed by atoms with E-state index < -0.39 is 0 Å². The maximum atomic E-state index is 12.6. The predicted molar refractivity (Wildman–Crippen MR) is 80.0 cm³/mol. The zero-order valence-corrected chi connectivity index (χ0v) is 12.7. The van der Waals surface area contributed by atoms with Gasteiger partial charge in [-0.25, -0.2) is 0 Å². The summed E-state index contributed by atoms with van der Waals surface area (Å²) in [6.07, 6.45) is 3.27. The van der Waals surface area contributed by atoms with Crippen LogP contribution in [0.25, 0.3) is 0 Å². The summed E-state index contributed by atoms with van der Waals surface area (Å²) in [5.74, 6) is 0.270. The van der Waals surface area contributed by atoms with E-state index in [0.29, 0.717) is 16.5 Å². The minimum absolute atomic E-state index is 0.232. The van der Waals surface area contributed by atoms with Gasteiger partial charge in [0.15, 0.2) is 0 Å².